The monoisotopic (exact) mass is 225 g/mol. The number of rotatable bonds is 3. The molecule has 2 aliphatic rings. The van der Waals surface area contributed by atoms with Crippen molar-refractivity contribution in [3.63, 3.8) is 0 Å². The first-order valence-electron chi connectivity index (χ1n) is 6.89. The summed E-state index contributed by atoms with van der Waals surface area (Å²) in [6.45, 7) is 10.8. The molecule has 0 amide bonds. The van der Waals surface area contributed by atoms with E-state index in [1.54, 1.807) is 0 Å². The zero-order valence-corrected chi connectivity index (χ0v) is 10.9. The van der Waals surface area contributed by atoms with Gasteiger partial charge in [-0.05, 0) is 51.7 Å². The maximum absolute atomic E-state index is 5.96. The Morgan fingerprint density at radius 1 is 1.19 bits per heavy atom. The minimum atomic E-state index is 0.322. The van der Waals surface area contributed by atoms with E-state index in [0.29, 0.717) is 12.0 Å². The summed E-state index contributed by atoms with van der Waals surface area (Å²) in [5.74, 6) is 0.618. The van der Waals surface area contributed by atoms with Gasteiger partial charge in [0.2, 0.25) is 0 Å². The number of fused-ring (bicyclic) bond motifs is 1. The van der Waals surface area contributed by atoms with Gasteiger partial charge in [-0.3, -0.25) is 4.90 Å². The van der Waals surface area contributed by atoms with Gasteiger partial charge in [0.1, 0.15) is 0 Å². The van der Waals surface area contributed by atoms with Crippen LogP contribution in [-0.2, 0) is 0 Å². The average molecular weight is 225 g/mol. The van der Waals surface area contributed by atoms with Crippen LogP contribution >= 0.6 is 0 Å². The molecule has 0 aromatic rings. The lowest BCUT2D eigenvalue weighted by Crippen LogP contribution is -2.41. The fourth-order valence-corrected chi connectivity index (χ4v) is 3.02. The van der Waals surface area contributed by atoms with Crippen molar-refractivity contribution in [3.05, 3.63) is 0 Å². The molecule has 0 saturated carbocycles. The third-order valence-corrected chi connectivity index (χ3v) is 4.33. The molecule has 0 aromatic carbocycles. The molecule has 2 aliphatic heterocycles. The van der Waals surface area contributed by atoms with Crippen LogP contribution < -0.4 is 5.73 Å². The molecule has 0 radical (unpaired) electrons. The molecular formula is C13H27N3. The van der Waals surface area contributed by atoms with E-state index in [2.05, 4.69) is 23.6 Å². The Morgan fingerprint density at radius 3 is 2.69 bits per heavy atom. The summed E-state index contributed by atoms with van der Waals surface area (Å²) in [6.07, 6.45) is 4.15. The standard InChI is InChI=1S/C13H27N3/c1-11(12(2)14)9-15-6-4-8-16-7-3-5-13(16)10-15/h11-13H,3-10,14H2,1-2H3. The van der Waals surface area contributed by atoms with Crippen LogP contribution in [0.5, 0.6) is 0 Å². The van der Waals surface area contributed by atoms with Gasteiger partial charge in [-0.15, -0.1) is 0 Å². The van der Waals surface area contributed by atoms with Crippen LogP contribution in [0.4, 0.5) is 0 Å². The largest absolute Gasteiger partial charge is 0.328 e. The van der Waals surface area contributed by atoms with Gasteiger partial charge in [-0.25, -0.2) is 0 Å². The fraction of sp³-hybridized carbons (Fsp3) is 1.00. The quantitative estimate of drug-likeness (QED) is 0.782. The van der Waals surface area contributed by atoms with Crippen molar-refractivity contribution in [1.82, 2.24) is 9.80 Å². The molecule has 2 saturated heterocycles. The van der Waals surface area contributed by atoms with Gasteiger partial charge in [0.15, 0.2) is 0 Å². The second-order valence-electron chi connectivity index (χ2n) is 5.78. The molecule has 3 unspecified atom stereocenters. The van der Waals surface area contributed by atoms with Gasteiger partial charge < -0.3 is 10.6 Å². The van der Waals surface area contributed by atoms with E-state index in [1.807, 2.05) is 0 Å². The van der Waals surface area contributed by atoms with E-state index < -0.39 is 0 Å². The van der Waals surface area contributed by atoms with E-state index in [9.17, 15) is 0 Å². The maximum Gasteiger partial charge on any atom is 0.0223 e. The lowest BCUT2D eigenvalue weighted by molar-refractivity contribution is 0.195. The zero-order valence-electron chi connectivity index (χ0n) is 10.9. The summed E-state index contributed by atoms with van der Waals surface area (Å²) in [5.41, 5.74) is 5.96. The van der Waals surface area contributed by atoms with Gasteiger partial charge in [0.05, 0.1) is 0 Å². The van der Waals surface area contributed by atoms with Gasteiger partial charge in [0, 0.05) is 25.2 Å². The van der Waals surface area contributed by atoms with E-state index in [1.165, 1.54) is 52.0 Å². The van der Waals surface area contributed by atoms with Crippen LogP contribution in [0.1, 0.15) is 33.1 Å². The maximum atomic E-state index is 5.96. The van der Waals surface area contributed by atoms with Crippen molar-refractivity contribution in [1.29, 1.82) is 0 Å². The van der Waals surface area contributed by atoms with E-state index in [0.717, 1.165) is 6.04 Å². The number of hydrogen-bond donors (Lipinski definition) is 1. The van der Waals surface area contributed by atoms with Crippen molar-refractivity contribution in [2.75, 3.05) is 32.7 Å². The summed E-state index contributed by atoms with van der Waals surface area (Å²) < 4.78 is 0. The number of nitrogens with two attached hydrogens (primary N) is 1. The first kappa shape index (κ1) is 12.3. The highest BCUT2D eigenvalue weighted by Gasteiger charge is 2.29. The highest BCUT2D eigenvalue weighted by atomic mass is 15.3. The van der Waals surface area contributed by atoms with Crippen LogP contribution in [0.2, 0.25) is 0 Å². The van der Waals surface area contributed by atoms with E-state index in [4.69, 9.17) is 5.73 Å². The molecule has 0 aliphatic carbocycles. The summed E-state index contributed by atoms with van der Waals surface area (Å²) in [7, 11) is 0. The normalized spacial score (nSPS) is 32.1. The lowest BCUT2D eigenvalue weighted by atomic mass is 10.0. The molecule has 2 heterocycles. The third-order valence-electron chi connectivity index (χ3n) is 4.33. The Kier molecular flexibility index (Phi) is 4.22. The second-order valence-corrected chi connectivity index (χ2v) is 5.78. The number of hydrogen-bond acceptors (Lipinski definition) is 3. The van der Waals surface area contributed by atoms with Crippen LogP contribution in [0.15, 0.2) is 0 Å². The van der Waals surface area contributed by atoms with Crippen LogP contribution in [0.3, 0.4) is 0 Å². The van der Waals surface area contributed by atoms with Gasteiger partial charge in [0.25, 0.3) is 0 Å². The predicted molar refractivity (Wildman–Crippen MR) is 68.5 cm³/mol. The molecular weight excluding hydrogens is 198 g/mol. The van der Waals surface area contributed by atoms with Crippen molar-refractivity contribution in [2.24, 2.45) is 11.7 Å². The van der Waals surface area contributed by atoms with Crippen molar-refractivity contribution in [3.8, 4) is 0 Å². The Labute approximate surface area is 100.0 Å². The molecule has 16 heavy (non-hydrogen) atoms. The number of nitrogens with zero attached hydrogens (tertiary/aromatic N) is 2. The summed E-state index contributed by atoms with van der Waals surface area (Å²) >= 11 is 0. The second kappa shape index (κ2) is 5.48. The van der Waals surface area contributed by atoms with Gasteiger partial charge in [-0.2, -0.15) is 0 Å². The van der Waals surface area contributed by atoms with Crippen molar-refractivity contribution in [2.45, 2.75) is 45.2 Å². The predicted octanol–water partition coefficient (Wildman–Crippen LogP) is 1.14. The summed E-state index contributed by atoms with van der Waals surface area (Å²) in [6, 6.07) is 1.16. The average Bonchev–Trinajstić information content (AvgIpc) is 2.57. The van der Waals surface area contributed by atoms with Gasteiger partial charge in [-0.1, -0.05) is 6.92 Å². The Balaban J connectivity index is 1.85. The molecule has 3 heteroatoms. The Bertz CT molecular complexity index is 217. The van der Waals surface area contributed by atoms with Gasteiger partial charge >= 0.3 is 0 Å². The van der Waals surface area contributed by atoms with Crippen molar-refractivity contribution < 1.29 is 0 Å². The molecule has 3 atom stereocenters. The molecule has 94 valence electrons. The van der Waals surface area contributed by atoms with Crippen molar-refractivity contribution >= 4 is 0 Å². The first-order valence-corrected chi connectivity index (χ1v) is 6.89. The highest BCUT2D eigenvalue weighted by molar-refractivity contribution is 4.85. The molecule has 3 nitrogen and oxygen atoms in total. The minimum Gasteiger partial charge on any atom is -0.328 e. The fourth-order valence-electron chi connectivity index (χ4n) is 3.02. The molecule has 0 bridgehead atoms. The molecule has 0 aromatic heterocycles. The summed E-state index contributed by atoms with van der Waals surface area (Å²) in [5, 5.41) is 0. The molecule has 0 spiro atoms. The molecule has 2 rings (SSSR count). The minimum absolute atomic E-state index is 0.322. The smallest absolute Gasteiger partial charge is 0.0223 e. The molecule has 2 N–H and O–H groups in total. The Morgan fingerprint density at radius 2 is 1.94 bits per heavy atom. The van der Waals surface area contributed by atoms with Crippen LogP contribution in [0.25, 0.3) is 0 Å². The SMILES string of the molecule is CC(N)C(C)CN1CCCN2CCCC2C1. The van der Waals surface area contributed by atoms with Crippen LogP contribution in [0, 0.1) is 5.92 Å². The van der Waals surface area contributed by atoms with Crippen LogP contribution in [-0.4, -0.2) is 54.6 Å². The van der Waals surface area contributed by atoms with E-state index >= 15 is 0 Å². The topological polar surface area (TPSA) is 32.5 Å². The lowest BCUT2D eigenvalue weighted by Gasteiger charge is -2.28. The van der Waals surface area contributed by atoms with E-state index in [-0.39, 0.29) is 0 Å². The molecule has 2 fully saturated rings. The Hall–Kier alpha value is -0.120. The zero-order chi connectivity index (χ0) is 11.5. The highest BCUT2D eigenvalue weighted by Crippen LogP contribution is 2.21. The third kappa shape index (κ3) is 2.96. The summed E-state index contributed by atoms with van der Waals surface area (Å²) in [4.78, 5) is 5.33. The first-order chi connectivity index (χ1) is 7.66.